The number of hydrogen-bond acceptors (Lipinski definition) is 5. The van der Waals surface area contributed by atoms with E-state index in [0.29, 0.717) is 23.7 Å². The predicted octanol–water partition coefficient (Wildman–Crippen LogP) is 4.02. The summed E-state index contributed by atoms with van der Waals surface area (Å²) in [5, 5.41) is 11.3. The first-order chi connectivity index (χ1) is 14.9. The van der Waals surface area contributed by atoms with Gasteiger partial charge in [-0.2, -0.15) is 0 Å². The second-order valence-electron chi connectivity index (χ2n) is 9.44. The van der Waals surface area contributed by atoms with E-state index in [0.717, 1.165) is 37.9 Å². The fourth-order valence-electron chi connectivity index (χ4n) is 6.38. The average Bonchev–Trinajstić information content (AvgIpc) is 3.07. The second kappa shape index (κ2) is 9.07. The summed E-state index contributed by atoms with van der Waals surface area (Å²) in [6.45, 7) is 2.63. The summed E-state index contributed by atoms with van der Waals surface area (Å²) >= 11 is 0. The van der Waals surface area contributed by atoms with Gasteiger partial charge in [0.25, 0.3) is 0 Å². The minimum absolute atomic E-state index is 0.0163. The van der Waals surface area contributed by atoms with Gasteiger partial charge in [0, 0.05) is 25.0 Å². The highest BCUT2D eigenvalue weighted by Gasteiger charge is 2.56. The van der Waals surface area contributed by atoms with E-state index in [-0.39, 0.29) is 31.3 Å². The van der Waals surface area contributed by atoms with Crippen LogP contribution in [0.1, 0.15) is 45.4 Å². The topological polar surface area (TPSA) is 94.1 Å². The molecule has 4 aliphatic rings. The van der Waals surface area contributed by atoms with Crippen molar-refractivity contribution in [3.63, 3.8) is 0 Å². The molecule has 2 fully saturated rings. The van der Waals surface area contributed by atoms with Crippen LogP contribution in [0.15, 0.2) is 35.6 Å². The molecule has 0 aliphatic heterocycles. The van der Waals surface area contributed by atoms with Gasteiger partial charge in [-0.1, -0.05) is 19.1 Å². The van der Waals surface area contributed by atoms with Gasteiger partial charge in [0.15, 0.2) is 6.79 Å². The van der Waals surface area contributed by atoms with Crippen molar-refractivity contribution in [1.29, 1.82) is 0 Å². The quantitative estimate of drug-likeness (QED) is 0.592. The molecule has 0 saturated heterocycles. The molecule has 0 heterocycles. The van der Waals surface area contributed by atoms with Crippen molar-refractivity contribution >= 4 is 12.1 Å². The Labute approximate surface area is 183 Å². The maximum Gasteiger partial charge on any atom is 0.407 e. The molecule has 2 N–H and O–H groups in total. The maximum atomic E-state index is 12.2. The van der Waals surface area contributed by atoms with Crippen molar-refractivity contribution in [1.82, 2.24) is 5.32 Å². The number of ether oxygens (including phenoxy) is 3. The molecule has 7 heteroatoms. The van der Waals surface area contributed by atoms with Crippen LogP contribution in [0.3, 0.4) is 0 Å². The predicted molar refractivity (Wildman–Crippen MR) is 114 cm³/mol. The summed E-state index contributed by atoms with van der Waals surface area (Å²) < 4.78 is 16.4. The first-order valence-corrected chi connectivity index (χ1v) is 11.3. The summed E-state index contributed by atoms with van der Waals surface area (Å²) in [5.41, 5.74) is 1.33. The summed E-state index contributed by atoms with van der Waals surface area (Å²) in [7, 11) is 1.62. The van der Waals surface area contributed by atoms with Crippen LogP contribution in [0.5, 0.6) is 0 Å². The monoisotopic (exact) mass is 431 g/mol. The molecule has 0 aromatic rings. The highest BCUT2D eigenvalue weighted by atomic mass is 16.7. The molecule has 0 spiro atoms. The van der Waals surface area contributed by atoms with Gasteiger partial charge in [-0.05, 0) is 67.6 Å². The van der Waals surface area contributed by atoms with Gasteiger partial charge in [-0.25, -0.2) is 4.79 Å². The van der Waals surface area contributed by atoms with E-state index < -0.39 is 12.1 Å². The lowest BCUT2D eigenvalue weighted by Gasteiger charge is -2.51. The van der Waals surface area contributed by atoms with Crippen molar-refractivity contribution in [2.75, 3.05) is 20.4 Å². The summed E-state index contributed by atoms with van der Waals surface area (Å²) in [5.74, 6) is 2.09. The largest absolute Gasteiger partial charge is 0.481 e. The number of methoxy groups -OCH3 is 1. The van der Waals surface area contributed by atoms with Crippen LogP contribution in [-0.2, 0) is 19.0 Å². The Kier molecular flexibility index (Phi) is 6.42. The van der Waals surface area contributed by atoms with E-state index in [1.54, 1.807) is 7.11 Å². The number of carbonyl (C=O) groups is 2. The van der Waals surface area contributed by atoms with E-state index in [4.69, 9.17) is 19.3 Å². The molecule has 4 rings (SSSR count). The van der Waals surface area contributed by atoms with Gasteiger partial charge in [0.05, 0.1) is 6.42 Å². The van der Waals surface area contributed by atoms with Gasteiger partial charge < -0.3 is 24.6 Å². The number of nitrogens with one attached hydrogen (secondary N) is 1. The SMILES string of the molecule is COCOC1=CC2=CC[C@@H]3[C@H](CC[C@]4(C)[C@@H](OC(=O)NCCC(=O)O)CC[C@@H]34)[C@H]2C=C1. The maximum absolute atomic E-state index is 12.2. The molecular weight excluding hydrogens is 398 g/mol. The van der Waals surface area contributed by atoms with Crippen LogP contribution < -0.4 is 5.32 Å². The number of alkyl carbamates (subject to hydrolysis) is 1. The fraction of sp³-hybridized carbons (Fsp3) is 0.667. The molecule has 1 amide bonds. The van der Waals surface area contributed by atoms with Crippen molar-refractivity contribution in [3.05, 3.63) is 35.6 Å². The van der Waals surface area contributed by atoms with Crippen LogP contribution in [0.2, 0.25) is 0 Å². The lowest BCUT2D eigenvalue weighted by Crippen LogP contribution is -2.47. The lowest BCUT2D eigenvalue weighted by molar-refractivity contribution is -0.136. The van der Waals surface area contributed by atoms with Crippen molar-refractivity contribution in [3.8, 4) is 0 Å². The van der Waals surface area contributed by atoms with Crippen LogP contribution in [0.25, 0.3) is 0 Å². The molecule has 0 aromatic carbocycles. The number of fused-ring (bicyclic) bond motifs is 5. The third kappa shape index (κ3) is 4.38. The number of carboxylic acids is 1. The Hall–Kier alpha value is -2.28. The third-order valence-electron chi connectivity index (χ3n) is 7.86. The number of carboxylic acid groups (broad SMARTS) is 1. The summed E-state index contributed by atoms with van der Waals surface area (Å²) in [4.78, 5) is 22.8. The zero-order valence-electron chi connectivity index (χ0n) is 18.3. The number of rotatable bonds is 7. The summed E-state index contributed by atoms with van der Waals surface area (Å²) in [6, 6.07) is 0. The van der Waals surface area contributed by atoms with Crippen molar-refractivity contribution in [2.24, 2.45) is 29.1 Å². The molecule has 6 atom stereocenters. The first-order valence-electron chi connectivity index (χ1n) is 11.3. The van der Waals surface area contributed by atoms with Gasteiger partial charge in [-0.3, -0.25) is 4.79 Å². The minimum atomic E-state index is -0.930. The zero-order valence-corrected chi connectivity index (χ0v) is 18.3. The lowest BCUT2D eigenvalue weighted by atomic mass is 9.54. The number of amides is 1. The number of allylic oxidation sites excluding steroid dienone is 5. The van der Waals surface area contributed by atoms with Crippen LogP contribution in [-0.4, -0.2) is 43.7 Å². The van der Waals surface area contributed by atoms with E-state index in [2.05, 4.69) is 36.5 Å². The standard InChI is InChI=1S/C24H33NO6/c1-24-11-9-18-17-6-4-16(30-14-29-2)13-15(17)3-5-19(18)20(24)7-8-21(24)31-23(28)25-12-10-22(26)27/h3-4,6,13,17-21H,5,7-12,14H2,1-2H3,(H,25,28)(H,26,27)/t17-,18+,19+,20-,21-,24-/m0/s1. The normalized spacial score (nSPS) is 35.7. The zero-order chi connectivity index (χ0) is 22.0. The number of hydrogen-bond donors (Lipinski definition) is 2. The Bertz CT molecular complexity index is 802. The summed E-state index contributed by atoms with van der Waals surface area (Å²) in [6.07, 6.45) is 13.3. The minimum Gasteiger partial charge on any atom is -0.481 e. The van der Waals surface area contributed by atoms with Gasteiger partial charge >= 0.3 is 12.1 Å². The van der Waals surface area contributed by atoms with Crippen LogP contribution >= 0.6 is 0 Å². The molecule has 0 aromatic heterocycles. The first kappa shape index (κ1) is 21.9. The number of aliphatic carboxylic acids is 1. The smallest absolute Gasteiger partial charge is 0.407 e. The molecule has 2 saturated carbocycles. The molecule has 0 unspecified atom stereocenters. The van der Waals surface area contributed by atoms with Crippen LogP contribution in [0.4, 0.5) is 4.79 Å². The number of carbonyl (C=O) groups excluding carboxylic acids is 1. The van der Waals surface area contributed by atoms with Gasteiger partial charge in [-0.15, -0.1) is 0 Å². The van der Waals surface area contributed by atoms with E-state index >= 15 is 0 Å². The molecule has 0 bridgehead atoms. The molecule has 31 heavy (non-hydrogen) atoms. The second-order valence-corrected chi connectivity index (χ2v) is 9.44. The molecule has 0 radical (unpaired) electrons. The molecule has 7 nitrogen and oxygen atoms in total. The van der Waals surface area contributed by atoms with E-state index in [1.807, 2.05) is 0 Å². The highest BCUT2D eigenvalue weighted by molar-refractivity contribution is 5.70. The molecule has 4 aliphatic carbocycles. The van der Waals surface area contributed by atoms with E-state index in [9.17, 15) is 9.59 Å². The Morgan fingerprint density at radius 1 is 1.26 bits per heavy atom. The molecular formula is C24H33NO6. The Morgan fingerprint density at radius 2 is 2.10 bits per heavy atom. The highest BCUT2D eigenvalue weighted by Crippen LogP contribution is 2.61. The van der Waals surface area contributed by atoms with Crippen molar-refractivity contribution in [2.45, 2.75) is 51.6 Å². The van der Waals surface area contributed by atoms with Gasteiger partial charge in [0.2, 0.25) is 0 Å². The third-order valence-corrected chi connectivity index (χ3v) is 7.86. The van der Waals surface area contributed by atoms with Gasteiger partial charge in [0.1, 0.15) is 11.9 Å². The average molecular weight is 432 g/mol. The molecule has 170 valence electrons. The fourth-order valence-corrected chi connectivity index (χ4v) is 6.38. The Balaban J connectivity index is 1.41. The van der Waals surface area contributed by atoms with E-state index in [1.165, 1.54) is 5.57 Å². The van der Waals surface area contributed by atoms with Crippen molar-refractivity contribution < 1.29 is 28.9 Å². The van der Waals surface area contributed by atoms with Crippen LogP contribution in [0, 0.1) is 29.1 Å². The Morgan fingerprint density at radius 3 is 2.87 bits per heavy atom.